The van der Waals surface area contributed by atoms with Crippen LogP contribution in [0.1, 0.15) is 15.9 Å². The number of carbonyl (C=O) groups is 1. The van der Waals surface area contributed by atoms with E-state index >= 15 is 0 Å². The molecule has 0 bridgehead atoms. The van der Waals surface area contributed by atoms with Gasteiger partial charge in [0.25, 0.3) is 5.91 Å². The van der Waals surface area contributed by atoms with E-state index in [4.69, 9.17) is 5.73 Å². The van der Waals surface area contributed by atoms with E-state index in [2.05, 4.69) is 15.4 Å². The zero-order chi connectivity index (χ0) is 16.7. The Hall–Kier alpha value is -3.22. The van der Waals surface area contributed by atoms with Crippen LogP contribution in [-0.4, -0.2) is 34.6 Å². The first-order valence-corrected chi connectivity index (χ1v) is 7.50. The minimum atomic E-state index is -0.703. The number of amidine groups is 1. The maximum Gasteiger partial charge on any atom is 0.251 e. The van der Waals surface area contributed by atoms with E-state index in [-0.39, 0.29) is 5.56 Å². The highest BCUT2D eigenvalue weighted by Crippen LogP contribution is 2.21. The zero-order valence-corrected chi connectivity index (χ0v) is 12.7. The largest absolute Gasteiger partial charge is 0.368 e. The van der Waals surface area contributed by atoms with Crippen LogP contribution in [0.25, 0.3) is 16.6 Å². The summed E-state index contributed by atoms with van der Waals surface area (Å²) in [5, 5.41) is 8.11. The molecule has 2 aromatic carbocycles. The molecule has 0 unspecified atom stereocenters. The normalized spacial score (nSPS) is 13.8. The fourth-order valence-corrected chi connectivity index (χ4v) is 2.78. The number of carbonyl (C=O) groups excluding carboxylic acids is 1. The Bertz CT molecular complexity index is 975. The maximum absolute atomic E-state index is 13.6. The molecule has 0 atom stereocenters. The maximum atomic E-state index is 13.6. The summed E-state index contributed by atoms with van der Waals surface area (Å²) in [5.41, 5.74) is 7.56. The average Bonchev–Trinajstić information content (AvgIpc) is 3.23. The van der Waals surface area contributed by atoms with E-state index in [9.17, 15) is 9.18 Å². The molecule has 6 nitrogen and oxygen atoms in total. The van der Waals surface area contributed by atoms with E-state index in [0.717, 1.165) is 36.2 Å². The number of nitrogens with two attached hydrogens (primary N) is 1. The summed E-state index contributed by atoms with van der Waals surface area (Å²) in [6.07, 6.45) is 1.67. The van der Waals surface area contributed by atoms with Crippen LogP contribution in [0.15, 0.2) is 47.6 Å². The molecule has 0 spiro atoms. The molecule has 0 aliphatic carbocycles. The summed E-state index contributed by atoms with van der Waals surface area (Å²) in [6.45, 7) is 1.63. The first-order chi connectivity index (χ1) is 11.6. The standard InChI is InChI=1S/C17H14FN5O/c18-12-7-11-9-23(22-15(11)14(8-12)16(19)24)13-3-1-10(2-4-13)17-20-5-6-21-17/h1-4,7-9H,5-6H2,(H2,19,24)(H,20,21). The van der Waals surface area contributed by atoms with Gasteiger partial charge in [-0.05, 0) is 36.4 Å². The number of aliphatic imine (C=N–C) groups is 1. The summed E-state index contributed by atoms with van der Waals surface area (Å²) in [7, 11) is 0. The molecule has 3 N–H and O–H groups in total. The lowest BCUT2D eigenvalue weighted by atomic mass is 10.1. The van der Waals surface area contributed by atoms with Crippen molar-refractivity contribution in [2.75, 3.05) is 13.1 Å². The number of benzene rings is 2. The molecule has 1 aliphatic rings. The molecule has 1 aromatic heterocycles. The van der Waals surface area contributed by atoms with Crippen molar-refractivity contribution < 1.29 is 9.18 Å². The third-order valence-electron chi connectivity index (χ3n) is 3.92. The molecule has 120 valence electrons. The van der Waals surface area contributed by atoms with Crippen molar-refractivity contribution in [1.82, 2.24) is 15.1 Å². The molecular formula is C17H14FN5O. The van der Waals surface area contributed by atoms with Gasteiger partial charge < -0.3 is 11.1 Å². The third-order valence-corrected chi connectivity index (χ3v) is 3.92. The Morgan fingerprint density at radius 1 is 1.25 bits per heavy atom. The third kappa shape index (κ3) is 2.40. The van der Waals surface area contributed by atoms with Crippen molar-refractivity contribution in [3.05, 3.63) is 59.5 Å². The van der Waals surface area contributed by atoms with E-state index in [0.29, 0.717) is 10.9 Å². The number of fused-ring (bicyclic) bond motifs is 1. The second kappa shape index (κ2) is 5.45. The molecular weight excluding hydrogens is 309 g/mol. The van der Waals surface area contributed by atoms with Gasteiger partial charge in [0, 0.05) is 23.7 Å². The molecule has 0 radical (unpaired) electrons. The minimum Gasteiger partial charge on any atom is -0.368 e. The number of primary amides is 1. The van der Waals surface area contributed by atoms with Crippen molar-refractivity contribution in [3.8, 4) is 5.69 Å². The number of halogens is 1. The van der Waals surface area contributed by atoms with Crippen molar-refractivity contribution in [3.63, 3.8) is 0 Å². The zero-order valence-electron chi connectivity index (χ0n) is 12.7. The molecule has 0 saturated heterocycles. The van der Waals surface area contributed by atoms with Crippen LogP contribution in [0.3, 0.4) is 0 Å². The number of aromatic nitrogens is 2. The highest BCUT2D eigenvalue weighted by Gasteiger charge is 2.14. The monoisotopic (exact) mass is 323 g/mol. The van der Waals surface area contributed by atoms with Crippen molar-refractivity contribution in [2.45, 2.75) is 0 Å². The van der Waals surface area contributed by atoms with Crippen LogP contribution >= 0.6 is 0 Å². The molecule has 3 aromatic rings. The Balaban J connectivity index is 1.76. The number of hydrogen-bond donors (Lipinski definition) is 2. The van der Waals surface area contributed by atoms with Crippen molar-refractivity contribution >= 4 is 22.6 Å². The van der Waals surface area contributed by atoms with Gasteiger partial charge in [-0.15, -0.1) is 0 Å². The predicted octanol–water partition coefficient (Wildman–Crippen LogP) is 1.61. The Kier molecular flexibility index (Phi) is 3.26. The van der Waals surface area contributed by atoms with E-state index < -0.39 is 11.7 Å². The van der Waals surface area contributed by atoms with Gasteiger partial charge in [0.15, 0.2) is 0 Å². The average molecular weight is 323 g/mol. The second-order valence-corrected chi connectivity index (χ2v) is 5.53. The lowest BCUT2D eigenvalue weighted by molar-refractivity contribution is 0.100. The molecule has 24 heavy (non-hydrogen) atoms. The van der Waals surface area contributed by atoms with Crippen LogP contribution in [0.4, 0.5) is 4.39 Å². The van der Waals surface area contributed by atoms with Crippen LogP contribution in [0, 0.1) is 5.82 Å². The second-order valence-electron chi connectivity index (χ2n) is 5.53. The van der Waals surface area contributed by atoms with Gasteiger partial charge in [0.2, 0.25) is 0 Å². The van der Waals surface area contributed by atoms with Crippen LogP contribution in [0.5, 0.6) is 0 Å². The van der Waals surface area contributed by atoms with Gasteiger partial charge in [-0.2, -0.15) is 5.10 Å². The number of rotatable bonds is 3. The smallest absolute Gasteiger partial charge is 0.251 e. The quantitative estimate of drug-likeness (QED) is 0.768. The molecule has 0 saturated carbocycles. The summed E-state index contributed by atoms with van der Waals surface area (Å²) in [5.74, 6) is -0.341. The highest BCUT2D eigenvalue weighted by atomic mass is 19.1. The van der Waals surface area contributed by atoms with E-state index in [1.54, 1.807) is 10.9 Å². The van der Waals surface area contributed by atoms with Crippen molar-refractivity contribution in [2.24, 2.45) is 10.7 Å². The lowest BCUT2D eigenvalue weighted by Crippen LogP contribution is -2.19. The van der Waals surface area contributed by atoms with Crippen LogP contribution in [0.2, 0.25) is 0 Å². The summed E-state index contributed by atoms with van der Waals surface area (Å²) in [6, 6.07) is 10.1. The lowest BCUT2D eigenvalue weighted by Gasteiger charge is -2.05. The van der Waals surface area contributed by atoms with Crippen molar-refractivity contribution in [1.29, 1.82) is 0 Å². The van der Waals surface area contributed by atoms with E-state index in [1.807, 2.05) is 24.3 Å². The van der Waals surface area contributed by atoms with Gasteiger partial charge in [-0.1, -0.05) is 0 Å². The van der Waals surface area contributed by atoms with Gasteiger partial charge in [0.1, 0.15) is 17.2 Å². The highest BCUT2D eigenvalue weighted by molar-refractivity contribution is 6.04. The number of amides is 1. The van der Waals surface area contributed by atoms with Gasteiger partial charge in [-0.3, -0.25) is 9.79 Å². The van der Waals surface area contributed by atoms with Gasteiger partial charge in [0.05, 0.1) is 17.8 Å². The molecule has 1 amide bonds. The Labute approximate surface area is 136 Å². The van der Waals surface area contributed by atoms with Crippen LogP contribution in [-0.2, 0) is 0 Å². The number of nitrogens with zero attached hydrogens (tertiary/aromatic N) is 3. The van der Waals surface area contributed by atoms with E-state index in [1.165, 1.54) is 6.07 Å². The molecule has 0 fully saturated rings. The molecule has 2 heterocycles. The first kappa shape index (κ1) is 14.4. The summed E-state index contributed by atoms with van der Waals surface area (Å²) in [4.78, 5) is 15.9. The topological polar surface area (TPSA) is 85.3 Å². The molecule has 7 heteroatoms. The Morgan fingerprint density at radius 3 is 2.71 bits per heavy atom. The van der Waals surface area contributed by atoms with Gasteiger partial charge in [-0.25, -0.2) is 9.07 Å². The summed E-state index contributed by atoms with van der Waals surface area (Å²) < 4.78 is 15.2. The predicted molar refractivity (Wildman–Crippen MR) is 89.0 cm³/mol. The minimum absolute atomic E-state index is 0.0740. The van der Waals surface area contributed by atoms with Crippen LogP contribution < -0.4 is 11.1 Å². The summed E-state index contributed by atoms with van der Waals surface area (Å²) >= 11 is 0. The fraction of sp³-hybridized carbons (Fsp3) is 0.118. The number of hydrogen-bond acceptors (Lipinski definition) is 4. The SMILES string of the molecule is NC(=O)c1cc(F)cc2cn(-c3ccc(C4=NCCN4)cc3)nc12. The molecule has 1 aliphatic heterocycles. The number of nitrogens with one attached hydrogen (secondary N) is 1. The fourth-order valence-electron chi connectivity index (χ4n) is 2.78. The first-order valence-electron chi connectivity index (χ1n) is 7.50. The Morgan fingerprint density at radius 2 is 2.04 bits per heavy atom. The van der Waals surface area contributed by atoms with Gasteiger partial charge >= 0.3 is 0 Å². The molecule has 4 rings (SSSR count).